The number of hydrogen-bond donors (Lipinski definition) is 1. The number of benzene rings is 1. The molecule has 128 valence electrons. The summed E-state index contributed by atoms with van der Waals surface area (Å²) in [6.45, 7) is 5.58. The molecule has 1 aromatic carbocycles. The monoisotopic (exact) mass is 374 g/mol. The molecule has 0 bridgehead atoms. The summed E-state index contributed by atoms with van der Waals surface area (Å²) in [7, 11) is 1.63. The third-order valence-corrected chi connectivity index (χ3v) is 4.63. The van der Waals surface area contributed by atoms with Gasteiger partial charge in [0.25, 0.3) is 0 Å². The number of hydrogen-bond acceptors (Lipinski definition) is 4. The van der Waals surface area contributed by atoms with Crippen molar-refractivity contribution < 1.29 is 21.9 Å². The molecule has 0 amide bonds. The van der Waals surface area contributed by atoms with Gasteiger partial charge in [-0.3, -0.25) is 0 Å². The Bertz CT molecular complexity index is 591. The molecule has 3 nitrogen and oxygen atoms in total. The largest absolute Gasteiger partial charge is 1.00 e. The molecule has 0 aliphatic heterocycles. The molecular weight excluding hydrogens is 353 g/mol. The van der Waals surface area contributed by atoms with Crippen LogP contribution in [0.2, 0.25) is 5.02 Å². The van der Waals surface area contributed by atoms with E-state index in [2.05, 4.69) is 19.2 Å². The summed E-state index contributed by atoms with van der Waals surface area (Å²) in [4.78, 5) is 1.15. The molecule has 0 fully saturated rings. The van der Waals surface area contributed by atoms with E-state index < -0.39 is 0 Å². The molecule has 0 saturated carbocycles. The third kappa shape index (κ3) is 5.88. The van der Waals surface area contributed by atoms with Crippen LogP contribution in [-0.4, -0.2) is 13.2 Å². The predicted molar refractivity (Wildman–Crippen MR) is 93.2 cm³/mol. The molecular formula is C17H22Cl2NO2S-. The molecule has 6 heteroatoms. The van der Waals surface area contributed by atoms with E-state index >= 15 is 0 Å². The molecule has 0 saturated heterocycles. The Morgan fingerprint density at radius 2 is 2.13 bits per heavy atom. The molecule has 1 atom stereocenters. The van der Waals surface area contributed by atoms with E-state index in [9.17, 15) is 0 Å². The van der Waals surface area contributed by atoms with Gasteiger partial charge in [0.15, 0.2) is 11.5 Å². The van der Waals surface area contributed by atoms with Gasteiger partial charge in [0, 0.05) is 17.5 Å². The molecule has 0 aliphatic rings. The highest BCUT2D eigenvalue weighted by molar-refractivity contribution is 7.09. The smallest absolute Gasteiger partial charge is 0.180 e. The average Bonchev–Trinajstić information content (AvgIpc) is 3.04. The Kier molecular flexibility index (Phi) is 8.77. The van der Waals surface area contributed by atoms with E-state index in [4.69, 9.17) is 21.1 Å². The van der Waals surface area contributed by atoms with Crippen molar-refractivity contribution in [1.82, 2.24) is 5.32 Å². The van der Waals surface area contributed by atoms with Gasteiger partial charge >= 0.3 is 0 Å². The van der Waals surface area contributed by atoms with Gasteiger partial charge in [-0.05, 0) is 42.5 Å². The highest BCUT2D eigenvalue weighted by Crippen LogP contribution is 2.37. The lowest BCUT2D eigenvalue weighted by atomic mass is 10.1. The molecule has 2 rings (SSSR count). The van der Waals surface area contributed by atoms with E-state index in [1.54, 1.807) is 18.4 Å². The maximum absolute atomic E-state index is 6.37. The van der Waals surface area contributed by atoms with Gasteiger partial charge in [-0.25, -0.2) is 0 Å². The van der Waals surface area contributed by atoms with Crippen molar-refractivity contribution in [2.24, 2.45) is 0 Å². The second-order valence-electron chi connectivity index (χ2n) is 5.17. The molecule has 1 heterocycles. The van der Waals surface area contributed by atoms with Gasteiger partial charge in [0.2, 0.25) is 0 Å². The maximum atomic E-state index is 6.37. The Morgan fingerprint density at radius 3 is 2.74 bits per heavy atom. The van der Waals surface area contributed by atoms with Gasteiger partial charge in [0.05, 0.1) is 12.1 Å². The van der Waals surface area contributed by atoms with Crippen LogP contribution in [0.15, 0.2) is 29.6 Å². The van der Waals surface area contributed by atoms with Crippen molar-refractivity contribution in [2.45, 2.75) is 39.5 Å². The quantitative estimate of drug-likeness (QED) is 0.765. The molecule has 1 unspecified atom stereocenters. The zero-order chi connectivity index (χ0) is 15.9. The molecule has 2 aromatic rings. The topological polar surface area (TPSA) is 30.5 Å². The van der Waals surface area contributed by atoms with E-state index in [1.165, 1.54) is 0 Å². The number of ether oxygens (including phenoxy) is 2. The van der Waals surface area contributed by atoms with Crippen LogP contribution in [0, 0.1) is 0 Å². The highest BCUT2D eigenvalue weighted by atomic mass is 35.5. The fourth-order valence-corrected chi connectivity index (χ4v) is 2.89. The molecule has 0 spiro atoms. The predicted octanol–water partition coefficient (Wildman–Crippen LogP) is 1.88. The minimum atomic E-state index is 0. The van der Waals surface area contributed by atoms with Crippen LogP contribution >= 0.6 is 22.9 Å². The zero-order valence-corrected chi connectivity index (χ0v) is 15.9. The van der Waals surface area contributed by atoms with Crippen LogP contribution < -0.4 is 27.2 Å². The normalized spacial score (nSPS) is 11.7. The first-order valence-corrected chi connectivity index (χ1v) is 8.64. The summed E-state index contributed by atoms with van der Waals surface area (Å²) >= 11 is 8.03. The second kappa shape index (κ2) is 10.0. The van der Waals surface area contributed by atoms with Crippen molar-refractivity contribution in [2.75, 3.05) is 7.11 Å². The number of nitrogens with one attached hydrogen (secondary N) is 1. The van der Waals surface area contributed by atoms with Crippen molar-refractivity contribution in [3.8, 4) is 11.5 Å². The second-order valence-corrected chi connectivity index (χ2v) is 6.61. The van der Waals surface area contributed by atoms with Crippen molar-refractivity contribution >= 4 is 22.9 Å². The van der Waals surface area contributed by atoms with Gasteiger partial charge in [-0.1, -0.05) is 24.6 Å². The van der Waals surface area contributed by atoms with Crippen LogP contribution in [0.1, 0.15) is 30.7 Å². The van der Waals surface area contributed by atoms with Crippen molar-refractivity contribution in [3.63, 3.8) is 0 Å². The lowest BCUT2D eigenvalue weighted by molar-refractivity contribution is -0.00000510. The van der Waals surface area contributed by atoms with Crippen molar-refractivity contribution in [3.05, 3.63) is 45.1 Å². The average molecular weight is 375 g/mol. The standard InChI is InChI=1S/C17H22ClNO2S.ClH/c1-4-12(2)19-10-13-8-15(18)17(16(9-13)20-3)21-11-14-6-5-7-22-14;/h5-9,12,19H,4,10-11H2,1-3H3;1H/p-1. The van der Waals surface area contributed by atoms with Gasteiger partial charge in [0.1, 0.15) is 6.61 Å². The van der Waals surface area contributed by atoms with Crippen LogP contribution in [0.3, 0.4) is 0 Å². The first-order chi connectivity index (χ1) is 10.6. The summed E-state index contributed by atoms with van der Waals surface area (Å²) in [5.41, 5.74) is 1.09. The van der Waals surface area contributed by atoms with Gasteiger partial charge in [-0.15, -0.1) is 11.3 Å². The van der Waals surface area contributed by atoms with E-state index in [0.717, 1.165) is 23.4 Å². The number of methoxy groups -OCH3 is 1. The SMILES string of the molecule is CCC(C)NCc1cc(Cl)c(OCc2cccs2)c(OC)c1.[Cl-]. The first-order valence-electron chi connectivity index (χ1n) is 7.39. The van der Waals surface area contributed by atoms with E-state index in [-0.39, 0.29) is 12.4 Å². The number of rotatable bonds is 8. The summed E-state index contributed by atoms with van der Waals surface area (Å²) in [6.07, 6.45) is 1.09. The number of thiophene rings is 1. The Morgan fingerprint density at radius 1 is 1.35 bits per heavy atom. The van der Waals surface area contributed by atoms with E-state index in [0.29, 0.717) is 29.2 Å². The van der Waals surface area contributed by atoms with Crippen LogP contribution in [-0.2, 0) is 13.2 Å². The van der Waals surface area contributed by atoms with E-state index in [1.807, 2.05) is 29.6 Å². The lowest BCUT2D eigenvalue weighted by Gasteiger charge is -2.15. The summed E-state index contributed by atoms with van der Waals surface area (Å²) in [5, 5.41) is 6.06. The van der Waals surface area contributed by atoms with Gasteiger partial charge < -0.3 is 27.2 Å². The third-order valence-electron chi connectivity index (χ3n) is 3.50. The van der Waals surface area contributed by atoms with Gasteiger partial charge in [-0.2, -0.15) is 0 Å². The van der Waals surface area contributed by atoms with Crippen LogP contribution in [0.25, 0.3) is 0 Å². The molecule has 0 radical (unpaired) electrons. The number of halogens is 2. The first kappa shape index (κ1) is 20.1. The van der Waals surface area contributed by atoms with Crippen LogP contribution in [0.4, 0.5) is 0 Å². The summed E-state index contributed by atoms with van der Waals surface area (Å²) < 4.78 is 11.3. The summed E-state index contributed by atoms with van der Waals surface area (Å²) in [5.74, 6) is 1.27. The lowest BCUT2D eigenvalue weighted by Crippen LogP contribution is -3.00. The Balaban J connectivity index is 0.00000264. The Hall–Kier alpha value is -0.940. The molecule has 0 aliphatic carbocycles. The fourth-order valence-electron chi connectivity index (χ4n) is 1.99. The zero-order valence-electron chi connectivity index (χ0n) is 13.6. The van der Waals surface area contributed by atoms with Crippen LogP contribution in [0.5, 0.6) is 11.5 Å². The van der Waals surface area contributed by atoms with Crippen molar-refractivity contribution in [1.29, 1.82) is 0 Å². The molecule has 1 N–H and O–H groups in total. The highest BCUT2D eigenvalue weighted by Gasteiger charge is 2.13. The Labute approximate surface area is 153 Å². The maximum Gasteiger partial charge on any atom is 0.180 e. The minimum Gasteiger partial charge on any atom is -1.00 e. The minimum absolute atomic E-state index is 0. The molecule has 1 aromatic heterocycles. The summed E-state index contributed by atoms with van der Waals surface area (Å²) in [6, 6.07) is 8.43. The molecule has 23 heavy (non-hydrogen) atoms. The fraction of sp³-hybridized carbons (Fsp3) is 0.412.